The average Bonchev–Trinajstić information content (AvgIpc) is 2.84. The Morgan fingerprint density at radius 1 is 1.00 bits per heavy atom. The van der Waals surface area contributed by atoms with E-state index in [0.29, 0.717) is 23.5 Å². The first-order chi connectivity index (χ1) is 10.7. The molecule has 4 fully saturated rings. The number of rotatable bonds is 1. The van der Waals surface area contributed by atoms with E-state index >= 15 is 0 Å². The Bertz CT molecular complexity index is 485. The summed E-state index contributed by atoms with van der Waals surface area (Å²) in [6.07, 6.45) is 12.1. The minimum atomic E-state index is -0.285. The van der Waals surface area contributed by atoms with Gasteiger partial charge in [0.15, 0.2) is 0 Å². The number of carbonyl (C=O) groups excluding carboxylic acids is 1. The summed E-state index contributed by atoms with van der Waals surface area (Å²) in [5.41, 5.74) is -0.173. The molecular weight excluding hydrogens is 276 g/mol. The smallest absolute Gasteiger partial charge is 0.133 e. The maximum atomic E-state index is 11.8. The van der Waals surface area contributed by atoms with Crippen molar-refractivity contribution in [1.29, 1.82) is 0 Å². The van der Waals surface area contributed by atoms with Crippen molar-refractivity contribution in [1.82, 2.24) is 0 Å². The zero-order valence-electron chi connectivity index (χ0n) is 13.3. The van der Waals surface area contributed by atoms with E-state index in [-0.39, 0.29) is 11.5 Å². The molecule has 0 bridgehead atoms. The van der Waals surface area contributed by atoms with Crippen molar-refractivity contribution < 1.29 is 15.0 Å². The highest BCUT2D eigenvalue weighted by Crippen LogP contribution is 2.62. The quantitative estimate of drug-likeness (QED) is 0.727. The predicted octanol–water partition coefficient (Wildman–Crippen LogP) is 3.62. The van der Waals surface area contributed by atoms with Crippen molar-refractivity contribution >= 4 is 5.78 Å². The second-order valence-corrected chi connectivity index (χ2v) is 8.28. The van der Waals surface area contributed by atoms with Crippen LogP contribution in [-0.2, 0) is 4.79 Å². The van der Waals surface area contributed by atoms with E-state index in [1.54, 1.807) is 0 Å². The van der Waals surface area contributed by atoms with Crippen LogP contribution in [0.4, 0.5) is 0 Å². The highest BCUT2D eigenvalue weighted by molar-refractivity contribution is 5.79. The van der Waals surface area contributed by atoms with Crippen molar-refractivity contribution in [2.45, 2.75) is 63.9 Å². The summed E-state index contributed by atoms with van der Waals surface area (Å²) in [4.78, 5) is 11.8. The van der Waals surface area contributed by atoms with Gasteiger partial charge in [0.05, 0.1) is 12.4 Å². The third kappa shape index (κ3) is 2.01. The van der Waals surface area contributed by atoms with E-state index in [4.69, 9.17) is 0 Å². The molecule has 0 amide bonds. The van der Waals surface area contributed by atoms with Gasteiger partial charge in [0.2, 0.25) is 0 Å². The average molecular weight is 304 g/mol. The number of carbonyl (C=O) groups is 1. The Labute approximate surface area is 132 Å². The van der Waals surface area contributed by atoms with Gasteiger partial charge in [-0.1, -0.05) is 0 Å². The lowest BCUT2D eigenvalue weighted by Gasteiger charge is -2.55. The molecular formula is C19H28O3. The van der Waals surface area contributed by atoms with Crippen LogP contribution in [0.25, 0.3) is 0 Å². The molecule has 3 heteroatoms. The van der Waals surface area contributed by atoms with Gasteiger partial charge < -0.3 is 10.2 Å². The Morgan fingerprint density at radius 3 is 2.68 bits per heavy atom. The number of hydrogen-bond acceptors (Lipinski definition) is 3. The summed E-state index contributed by atoms with van der Waals surface area (Å²) in [7, 11) is 0. The minimum Gasteiger partial charge on any atom is -0.516 e. The zero-order valence-corrected chi connectivity index (χ0v) is 13.3. The molecule has 0 aromatic heterocycles. The van der Waals surface area contributed by atoms with Gasteiger partial charge in [0, 0.05) is 18.3 Å². The monoisotopic (exact) mass is 304 g/mol. The van der Waals surface area contributed by atoms with E-state index in [2.05, 4.69) is 0 Å². The van der Waals surface area contributed by atoms with Gasteiger partial charge in [0.25, 0.3) is 0 Å². The van der Waals surface area contributed by atoms with E-state index in [1.165, 1.54) is 19.1 Å². The van der Waals surface area contributed by atoms with Crippen LogP contribution < -0.4 is 0 Å². The maximum Gasteiger partial charge on any atom is 0.133 e. The van der Waals surface area contributed by atoms with Gasteiger partial charge in [-0.3, -0.25) is 4.79 Å². The van der Waals surface area contributed by atoms with Crippen molar-refractivity contribution in [2.24, 2.45) is 35.0 Å². The fourth-order valence-electron chi connectivity index (χ4n) is 6.81. The molecule has 0 aliphatic heterocycles. The molecule has 2 N–H and O–H groups in total. The Kier molecular flexibility index (Phi) is 3.60. The fraction of sp³-hybridized carbons (Fsp3) is 0.842. The van der Waals surface area contributed by atoms with Gasteiger partial charge >= 0.3 is 0 Å². The summed E-state index contributed by atoms with van der Waals surface area (Å²) in [5, 5.41) is 19.9. The van der Waals surface area contributed by atoms with Crippen LogP contribution in [-0.4, -0.2) is 22.1 Å². The fourth-order valence-corrected chi connectivity index (χ4v) is 6.81. The lowest BCUT2D eigenvalue weighted by molar-refractivity contribution is -0.127. The van der Waals surface area contributed by atoms with Gasteiger partial charge in [-0.05, 0) is 80.6 Å². The summed E-state index contributed by atoms with van der Waals surface area (Å²) >= 11 is 0. The molecule has 7 atom stereocenters. The maximum absolute atomic E-state index is 11.8. The number of fused-ring (bicyclic) bond motifs is 5. The number of aliphatic hydroxyl groups is 2. The largest absolute Gasteiger partial charge is 0.516 e. The van der Waals surface area contributed by atoms with Gasteiger partial charge in [0.1, 0.15) is 5.78 Å². The predicted molar refractivity (Wildman–Crippen MR) is 84.2 cm³/mol. The summed E-state index contributed by atoms with van der Waals surface area (Å²) in [6.45, 7) is 0. The van der Waals surface area contributed by atoms with E-state index in [1.807, 2.05) is 6.08 Å². The van der Waals surface area contributed by atoms with Crippen LogP contribution in [0, 0.1) is 35.0 Å². The van der Waals surface area contributed by atoms with Crippen LogP contribution in [0.3, 0.4) is 0 Å². The minimum absolute atomic E-state index is 0.173. The highest BCUT2D eigenvalue weighted by Gasteiger charge is 2.57. The topological polar surface area (TPSA) is 57.5 Å². The van der Waals surface area contributed by atoms with Crippen LogP contribution in [0.5, 0.6) is 0 Å². The summed E-state index contributed by atoms with van der Waals surface area (Å²) in [6, 6.07) is 0. The molecule has 0 aromatic carbocycles. The number of Topliss-reactive ketones (excluding diaryl/α,β-unsaturated/α-hetero) is 1. The second kappa shape index (κ2) is 5.36. The van der Waals surface area contributed by atoms with Crippen LogP contribution in [0.15, 0.2) is 12.3 Å². The van der Waals surface area contributed by atoms with Crippen molar-refractivity contribution in [3.63, 3.8) is 0 Å². The number of aliphatic hydroxyl groups excluding tert-OH is 2. The van der Waals surface area contributed by atoms with Crippen LogP contribution in [0.2, 0.25) is 0 Å². The SMILES string of the molecule is O=C1CC[C@H]2C(CC[C@@H]3[C@@H]2CC[C@]2(C=CO)[C@@H](O)CC[C@@H]32)C1. The first-order valence-corrected chi connectivity index (χ1v) is 9.17. The van der Waals surface area contributed by atoms with E-state index in [9.17, 15) is 15.0 Å². The number of hydrogen-bond donors (Lipinski definition) is 2. The molecule has 0 aromatic rings. The summed E-state index contributed by atoms with van der Waals surface area (Å²) < 4.78 is 0. The van der Waals surface area contributed by atoms with Crippen molar-refractivity contribution in [2.75, 3.05) is 0 Å². The molecule has 0 radical (unpaired) electrons. The molecule has 0 heterocycles. The van der Waals surface area contributed by atoms with Crippen molar-refractivity contribution in [3.05, 3.63) is 12.3 Å². The molecule has 4 rings (SSSR count). The molecule has 0 spiro atoms. The van der Waals surface area contributed by atoms with E-state index in [0.717, 1.165) is 56.8 Å². The molecule has 0 saturated heterocycles. The Morgan fingerprint density at radius 2 is 1.86 bits per heavy atom. The molecule has 4 aliphatic rings. The molecule has 4 aliphatic carbocycles. The third-order valence-electron chi connectivity index (χ3n) is 7.70. The van der Waals surface area contributed by atoms with Crippen LogP contribution in [0.1, 0.15) is 57.8 Å². The summed E-state index contributed by atoms with van der Waals surface area (Å²) in [5.74, 6) is 3.83. The normalized spacial score (nSPS) is 51.4. The molecule has 22 heavy (non-hydrogen) atoms. The standard InChI is InChI=1S/C19H28O3/c20-10-9-19-8-7-15-14-4-2-13(21)11-12(14)1-3-16(15)17(19)5-6-18(19)22/h9-10,12,14-18,20,22H,1-8,11H2/t12?,14-,15+,16+,17-,18-,19+/m0/s1. The molecule has 3 nitrogen and oxygen atoms in total. The third-order valence-corrected chi connectivity index (χ3v) is 7.70. The van der Waals surface area contributed by atoms with Gasteiger partial charge in [-0.2, -0.15) is 0 Å². The molecule has 122 valence electrons. The first-order valence-electron chi connectivity index (χ1n) is 9.17. The highest BCUT2D eigenvalue weighted by atomic mass is 16.3. The zero-order chi connectivity index (χ0) is 15.3. The van der Waals surface area contributed by atoms with Crippen LogP contribution >= 0.6 is 0 Å². The van der Waals surface area contributed by atoms with Crippen molar-refractivity contribution in [3.8, 4) is 0 Å². The molecule has 4 saturated carbocycles. The lowest BCUT2D eigenvalue weighted by Crippen LogP contribution is -2.50. The van der Waals surface area contributed by atoms with Gasteiger partial charge in [-0.25, -0.2) is 0 Å². The second-order valence-electron chi connectivity index (χ2n) is 8.28. The Balaban J connectivity index is 1.60. The lowest BCUT2D eigenvalue weighted by atomic mass is 9.50. The number of ketones is 1. The molecule has 1 unspecified atom stereocenters. The van der Waals surface area contributed by atoms with Gasteiger partial charge in [-0.15, -0.1) is 0 Å². The van der Waals surface area contributed by atoms with E-state index < -0.39 is 0 Å². The Hall–Kier alpha value is -0.830. The first kappa shape index (κ1) is 14.7.